The van der Waals surface area contributed by atoms with Crippen molar-refractivity contribution in [3.8, 4) is 0 Å². The summed E-state index contributed by atoms with van der Waals surface area (Å²) >= 11 is 0. The van der Waals surface area contributed by atoms with Gasteiger partial charge in [-0.05, 0) is 63.9 Å². The van der Waals surface area contributed by atoms with Gasteiger partial charge in [-0.3, -0.25) is 18.5 Å². The van der Waals surface area contributed by atoms with E-state index in [1.165, 1.54) is 18.5 Å². The van der Waals surface area contributed by atoms with E-state index in [1.807, 2.05) is 6.08 Å². The monoisotopic (exact) mass is 721 g/mol. The highest BCUT2D eigenvalue weighted by Crippen LogP contribution is 2.48. The van der Waals surface area contributed by atoms with Crippen LogP contribution in [0.2, 0.25) is 0 Å². The fourth-order valence-corrected chi connectivity index (χ4v) is 8.40. The van der Waals surface area contributed by atoms with E-state index in [-0.39, 0.29) is 60.3 Å². The highest BCUT2D eigenvalue weighted by atomic mass is 32.3. The van der Waals surface area contributed by atoms with Crippen molar-refractivity contribution in [1.82, 2.24) is 19.4 Å². The van der Waals surface area contributed by atoms with E-state index < -0.39 is 45.9 Å². The lowest BCUT2D eigenvalue weighted by Gasteiger charge is -2.39. The third kappa shape index (κ3) is 8.44. The molecule has 2 aliphatic heterocycles. The summed E-state index contributed by atoms with van der Waals surface area (Å²) in [6, 6.07) is 4.77. The van der Waals surface area contributed by atoms with Gasteiger partial charge in [0.2, 0.25) is 0 Å². The maximum atomic E-state index is 16.0. The number of nitrogens with one attached hydrogen (secondary N) is 1. The summed E-state index contributed by atoms with van der Waals surface area (Å²) < 4.78 is 75.2. The average Bonchev–Trinajstić information content (AvgIpc) is 3.08. The number of pyridine rings is 1. The first-order valence-electron chi connectivity index (χ1n) is 17.1. The number of carbonyl (C=O) groups is 1. The molecule has 1 aromatic carbocycles. The first-order valence-corrected chi connectivity index (χ1v) is 18.9. The van der Waals surface area contributed by atoms with Gasteiger partial charge in [0.15, 0.2) is 0 Å². The SMILES string of the molecule is C=CCCCOCCCn1c(=O)c(C2CCS(O)(O)CC2)cc2c(NC(C)c3cccc(C(F)(F)C4CCN(C(=O)O)CC4)c3F)ncnc21. The smallest absolute Gasteiger partial charge is 0.407 e. The number of anilines is 1. The Morgan fingerprint density at radius 2 is 1.86 bits per heavy atom. The molecule has 0 saturated carbocycles. The van der Waals surface area contributed by atoms with E-state index >= 15 is 13.2 Å². The molecule has 4 heterocycles. The molecule has 15 heteroatoms. The van der Waals surface area contributed by atoms with Crippen molar-refractivity contribution in [3.05, 3.63) is 76.1 Å². The van der Waals surface area contributed by atoms with Crippen LogP contribution < -0.4 is 10.9 Å². The van der Waals surface area contributed by atoms with Gasteiger partial charge in [0.1, 0.15) is 23.6 Å². The van der Waals surface area contributed by atoms with Crippen LogP contribution in [0, 0.1) is 11.7 Å². The standard InChI is InChI=1S/C35H46F3N5O6S/c1-3-4-5-17-49-18-7-14-43-32-28(21-27(33(43)44)24-12-19-50(47,48)20-13-24)31(39-22-40-32)41-23(2)26-8-6-9-29(30(26)36)35(37,38)25-10-15-42(16-11-25)34(45)46/h3,6,8-9,21-25,47-48H,1,4-5,7,10-20H2,2H3,(H,45,46)(H,39,40,41). The number of alkyl halides is 2. The molecule has 4 N–H and O–H groups in total. The molecular formula is C35H46F3N5O6S. The number of aryl methyl sites for hydroxylation is 1. The molecule has 2 fully saturated rings. The maximum absolute atomic E-state index is 16.0. The third-order valence-corrected chi connectivity index (χ3v) is 11.6. The molecular weight excluding hydrogens is 675 g/mol. The number of carboxylic acid groups (broad SMARTS) is 1. The fourth-order valence-electron chi connectivity index (χ4n) is 6.87. The largest absolute Gasteiger partial charge is 0.465 e. The second kappa shape index (κ2) is 16.1. The number of likely N-dealkylation sites (tertiary alicyclic amines) is 1. The van der Waals surface area contributed by atoms with Crippen molar-refractivity contribution in [2.75, 3.05) is 43.1 Å². The summed E-state index contributed by atoms with van der Waals surface area (Å²) in [6.07, 6.45) is 4.83. The predicted octanol–water partition coefficient (Wildman–Crippen LogP) is 7.59. The fraction of sp³-hybridized carbons (Fsp3) is 0.543. The minimum absolute atomic E-state index is 0.00320. The van der Waals surface area contributed by atoms with E-state index in [9.17, 15) is 23.8 Å². The summed E-state index contributed by atoms with van der Waals surface area (Å²) in [4.78, 5) is 35.1. The van der Waals surface area contributed by atoms with Gasteiger partial charge in [-0.25, -0.2) is 27.9 Å². The number of fused-ring (bicyclic) bond motifs is 1. The van der Waals surface area contributed by atoms with Gasteiger partial charge in [0, 0.05) is 61.4 Å². The number of allylic oxidation sites excluding steroid dienone is 1. The first-order chi connectivity index (χ1) is 23.8. The van der Waals surface area contributed by atoms with Gasteiger partial charge in [-0.2, -0.15) is 10.6 Å². The number of ether oxygens (including phenoxy) is 1. The Morgan fingerprint density at radius 3 is 2.54 bits per heavy atom. The molecule has 3 aromatic rings. The van der Waals surface area contributed by atoms with Crippen molar-refractivity contribution in [3.63, 3.8) is 0 Å². The van der Waals surface area contributed by atoms with Crippen molar-refractivity contribution >= 4 is 33.5 Å². The number of nitrogens with zero attached hydrogens (tertiary/aromatic N) is 4. The molecule has 50 heavy (non-hydrogen) atoms. The van der Waals surface area contributed by atoms with E-state index in [2.05, 4.69) is 21.9 Å². The van der Waals surface area contributed by atoms with E-state index in [0.717, 1.165) is 23.8 Å². The van der Waals surface area contributed by atoms with Gasteiger partial charge in [0.25, 0.3) is 11.5 Å². The van der Waals surface area contributed by atoms with Crippen LogP contribution in [0.3, 0.4) is 0 Å². The van der Waals surface area contributed by atoms with E-state index in [1.54, 1.807) is 17.6 Å². The first kappa shape index (κ1) is 37.6. The molecule has 5 rings (SSSR count). The van der Waals surface area contributed by atoms with E-state index in [0.29, 0.717) is 55.6 Å². The molecule has 1 unspecified atom stereocenters. The molecule has 2 aromatic heterocycles. The minimum atomic E-state index is -3.52. The van der Waals surface area contributed by atoms with Gasteiger partial charge < -0.3 is 20.1 Å². The number of amides is 1. The number of piperidine rings is 1. The van der Waals surface area contributed by atoms with E-state index in [4.69, 9.17) is 4.74 Å². The molecule has 0 bridgehead atoms. The zero-order valence-corrected chi connectivity index (χ0v) is 29.0. The summed E-state index contributed by atoms with van der Waals surface area (Å²) in [7, 11) is -2.69. The van der Waals surface area contributed by atoms with Crippen LogP contribution in [-0.4, -0.2) is 77.5 Å². The van der Waals surface area contributed by atoms with Crippen LogP contribution in [0.4, 0.5) is 23.8 Å². The van der Waals surface area contributed by atoms with Crippen LogP contribution >= 0.6 is 10.6 Å². The number of halogens is 3. The van der Waals surface area contributed by atoms with Crippen LogP contribution in [0.5, 0.6) is 0 Å². The second-order valence-corrected chi connectivity index (χ2v) is 15.6. The Labute approximate surface area is 290 Å². The van der Waals surface area contributed by atoms with Crippen molar-refractivity contribution in [1.29, 1.82) is 0 Å². The molecule has 11 nitrogen and oxygen atoms in total. The highest BCUT2D eigenvalue weighted by Gasteiger charge is 2.45. The molecule has 2 saturated heterocycles. The molecule has 0 spiro atoms. The topological polar surface area (TPSA) is 150 Å². The van der Waals surface area contributed by atoms with Gasteiger partial charge in [-0.1, -0.05) is 24.3 Å². The Balaban J connectivity index is 1.43. The molecule has 274 valence electrons. The van der Waals surface area contributed by atoms with Gasteiger partial charge in [0.05, 0.1) is 17.0 Å². The third-order valence-electron chi connectivity index (χ3n) is 9.79. The van der Waals surface area contributed by atoms with Crippen molar-refractivity contribution < 1.29 is 36.9 Å². The number of hydrogen-bond acceptors (Lipinski definition) is 8. The van der Waals surface area contributed by atoms with Crippen LogP contribution in [0.15, 0.2) is 48.0 Å². The number of benzene rings is 1. The summed E-state index contributed by atoms with van der Waals surface area (Å²) in [6.45, 7) is 6.54. The average molecular weight is 722 g/mol. The minimum Gasteiger partial charge on any atom is -0.465 e. The zero-order valence-electron chi connectivity index (χ0n) is 28.2. The Hall–Kier alpha value is -3.66. The van der Waals surface area contributed by atoms with Gasteiger partial charge >= 0.3 is 6.09 Å². The summed E-state index contributed by atoms with van der Waals surface area (Å²) in [5.41, 5.74) is -0.136. The number of aromatic nitrogens is 3. The molecule has 0 radical (unpaired) electrons. The summed E-state index contributed by atoms with van der Waals surface area (Å²) in [5, 5.41) is 12.9. The quantitative estimate of drug-likeness (QED) is 0.0976. The van der Waals surface area contributed by atoms with Crippen molar-refractivity contribution in [2.45, 2.75) is 76.3 Å². The van der Waals surface area contributed by atoms with Crippen LogP contribution in [0.1, 0.15) is 80.5 Å². The molecule has 2 aliphatic rings. The molecule has 1 atom stereocenters. The predicted molar refractivity (Wildman–Crippen MR) is 188 cm³/mol. The lowest BCUT2D eigenvalue weighted by molar-refractivity contribution is -0.0861. The number of rotatable bonds is 14. The van der Waals surface area contributed by atoms with Gasteiger partial charge in [-0.15, -0.1) is 6.58 Å². The second-order valence-electron chi connectivity index (χ2n) is 13.1. The Bertz CT molecular complexity index is 1720. The summed E-state index contributed by atoms with van der Waals surface area (Å²) in [5.74, 6) is -5.33. The number of unbranched alkanes of at least 4 members (excludes halogenated alkanes) is 1. The Morgan fingerprint density at radius 1 is 1.16 bits per heavy atom. The normalized spacial score (nSPS) is 18.6. The lowest BCUT2D eigenvalue weighted by atomic mass is 9.85. The van der Waals surface area contributed by atoms with Crippen molar-refractivity contribution in [2.24, 2.45) is 5.92 Å². The highest BCUT2D eigenvalue weighted by molar-refractivity contribution is 8.24. The zero-order chi connectivity index (χ0) is 36.1. The Kier molecular flexibility index (Phi) is 12.1. The number of hydrogen-bond donors (Lipinski definition) is 4. The van der Waals surface area contributed by atoms with Crippen LogP contribution in [0.25, 0.3) is 11.0 Å². The maximum Gasteiger partial charge on any atom is 0.407 e. The lowest BCUT2D eigenvalue weighted by Crippen LogP contribution is -2.42. The van der Waals surface area contributed by atoms with Crippen LogP contribution in [-0.2, 0) is 17.2 Å². The molecule has 0 aliphatic carbocycles. The molecule has 1 amide bonds.